The summed E-state index contributed by atoms with van der Waals surface area (Å²) >= 11 is 0. The molecule has 5 heteroatoms. The van der Waals surface area contributed by atoms with Crippen LogP contribution in [0.25, 0.3) is 0 Å². The highest BCUT2D eigenvalue weighted by molar-refractivity contribution is 5.94. The van der Waals surface area contributed by atoms with Crippen molar-refractivity contribution in [3.05, 3.63) is 65.7 Å². The molecule has 2 saturated heterocycles. The summed E-state index contributed by atoms with van der Waals surface area (Å²) in [4.78, 5) is 28.9. The molecule has 0 unspecified atom stereocenters. The largest absolute Gasteiger partial charge is 0.484 e. The van der Waals surface area contributed by atoms with Crippen molar-refractivity contribution >= 4 is 11.7 Å². The van der Waals surface area contributed by atoms with Crippen LogP contribution in [0.2, 0.25) is 0 Å². The Morgan fingerprint density at radius 3 is 2.52 bits per heavy atom. The molecule has 0 aromatic heterocycles. The summed E-state index contributed by atoms with van der Waals surface area (Å²) in [7, 11) is 0. The summed E-state index contributed by atoms with van der Waals surface area (Å²) in [6, 6.07) is 18.0. The van der Waals surface area contributed by atoms with E-state index in [2.05, 4.69) is 40.1 Å². The van der Waals surface area contributed by atoms with Crippen LogP contribution in [0.15, 0.2) is 54.6 Å². The predicted octanol–water partition coefficient (Wildman–Crippen LogP) is 3.82. The Morgan fingerprint density at radius 1 is 1.00 bits per heavy atom. The van der Waals surface area contributed by atoms with Crippen LogP contribution in [0.5, 0.6) is 5.75 Å². The van der Waals surface area contributed by atoms with Crippen LogP contribution in [0, 0.1) is 5.92 Å². The Kier molecular flexibility index (Phi) is 7.03. The Labute approximate surface area is 185 Å². The van der Waals surface area contributed by atoms with Gasteiger partial charge < -0.3 is 14.5 Å². The summed E-state index contributed by atoms with van der Waals surface area (Å²) in [5.74, 6) is 1.28. The molecule has 2 aliphatic heterocycles. The van der Waals surface area contributed by atoms with Crippen molar-refractivity contribution in [1.82, 2.24) is 9.80 Å². The maximum atomic E-state index is 12.9. The minimum atomic E-state index is 0.0251. The number of ketones is 1. The molecule has 2 fully saturated rings. The van der Waals surface area contributed by atoms with Gasteiger partial charge in [0.25, 0.3) is 5.91 Å². The van der Waals surface area contributed by atoms with E-state index < -0.39 is 0 Å². The van der Waals surface area contributed by atoms with E-state index in [-0.39, 0.29) is 18.3 Å². The van der Waals surface area contributed by atoms with Gasteiger partial charge in [0.15, 0.2) is 12.4 Å². The second-order valence-electron chi connectivity index (χ2n) is 8.75. The van der Waals surface area contributed by atoms with Gasteiger partial charge >= 0.3 is 0 Å². The Hall–Kier alpha value is -2.66. The quantitative estimate of drug-likeness (QED) is 0.639. The second-order valence-corrected chi connectivity index (χ2v) is 8.75. The smallest absolute Gasteiger partial charge is 0.260 e. The number of hydrogen-bond acceptors (Lipinski definition) is 4. The van der Waals surface area contributed by atoms with Gasteiger partial charge in [0.05, 0.1) is 0 Å². The second kappa shape index (κ2) is 10.1. The first-order valence-electron chi connectivity index (χ1n) is 11.4. The van der Waals surface area contributed by atoms with Gasteiger partial charge in [-0.1, -0.05) is 30.3 Å². The van der Waals surface area contributed by atoms with Crippen LogP contribution in [0.1, 0.15) is 42.1 Å². The van der Waals surface area contributed by atoms with Crippen LogP contribution in [0.4, 0.5) is 0 Å². The zero-order chi connectivity index (χ0) is 21.6. The number of piperidine rings is 2. The fraction of sp³-hybridized carbons (Fsp3) is 0.462. The lowest BCUT2D eigenvalue weighted by Crippen LogP contribution is -2.56. The number of fused-ring (bicyclic) bond motifs is 1. The van der Waals surface area contributed by atoms with E-state index in [1.54, 1.807) is 31.2 Å². The summed E-state index contributed by atoms with van der Waals surface area (Å²) in [6.45, 7) is 5.64. The number of nitrogens with zero attached hydrogens (tertiary/aromatic N) is 2. The monoisotopic (exact) mass is 420 g/mol. The first-order valence-corrected chi connectivity index (χ1v) is 11.4. The van der Waals surface area contributed by atoms with Crippen molar-refractivity contribution in [2.24, 2.45) is 5.92 Å². The molecule has 0 aliphatic carbocycles. The van der Waals surface area contributed by atoms with Crippen molar-refractivity contribution in [2.45, 2.75) is 38.6 Å². The summed E-state index contributed by atoms with van der Waals surface area (Å²) < 4.78 is 5.73. The van der Waals surface area contributed by atoms with Crippen LogP contribution >= 0.6 is 0 Å². The molecule has 1 amide bonds. The van der Waals surface area contributed by atoms with E-state index in [0.29, 0.717) is 23.3 Å². The summed E-state index contributed by atoms with van der Waals surface area (Å²) in [5.41, 5.74) is 2.04. The number of carbonyl (C=O) groups is 2. The van der Waals surface area contributed by atoms with Crippen molar-refractivity contribution in [3.63, 3.8) is 0 Å². The third-order valence-electron chi connectivity index (χ3n) is 6.66. The SMILES string of the molecule is CC(=O)c1ccc(OCC(=O)N2CCC[C@@H]3CN(CCc4ccccc4)CC[C@@H]32)cc1. The third-order valence-corrected chi connectivity index (χ3v) is 6.66. The molecule has 0 N–H and O–H groups in total. The lowest BCUT2D eigenvalue weighted by molar-refractivity contribution is -0.140. The van der Waals surface area contributed by atoms with E-state index >= 15 is 0 Å². The van der Waals surface area contributed by atoms with Crippen LogP contribution in [-0.4, -0.2) is 60.3 Å². The maximum absolute atomic E-state index is 12.9. The zero-order valence-corrected chi connectivity index (χ0v) is 18.3. The van der Waals surface area contributed by atoms with Crippen LogP contribution < -0.4 is 4.74 Å². The molecule has 0 bridgehead atoms. The fourth-order valence-electron chi connectivity index (χ4n) is 4.94. The number of amides is 1. The van der Waals surface area contributed by atoms with Gasteiger partial charge in [-0.2, -0.15) is 0 Å². The highest BCUT2D eigenvalue weighted by atomic mass is 16.5. The minimum absolute atomic E-state index is 0.0251. The molecule has 5 nitrogen and oxygen atoms in total. The Bertz CT molecular complexity index is 881. The topological polar surface area (TPSA) is 49.9 Å². The van der Waals surface area contributed by atoms with Crippen molar-refractivity contribution in [1.29, 1.82) is 0 Å². The average molecular weight is 421 g/mol. The predicted molar refractivity (Wildman–Crippen MR) is 121 cm³/mol. The van der Waals surface area contributed by atoms with Gasteiger partial charge in [-0.15, -0.1) is 0 Å². The number of Topliss-reactive ketones (excluding diaryl/α,β-unsaturated/α-hetero) is 1. The van der Waals surface area contributed by atoms with E-state index in [4.69, 9.17) is 4.74 Å². The van der Waals surface area contributed by atoms with Crippen molar-refractivity contribution in [3.8, 4) is 5.75 Å². The van der Waals surface area contributed by atoms with E-state index in [0.717, 1.165) is 45.4 Å². The molecule has 2 aromatic rings. The van der Waals surface area contributed by atoms with E-state index in [9.17, 15) is 9.59 Å². The molecule has 2 heterocycles. The zero-order valence-electron chi connectivity index (χ0n) is 18.3. The normalized spacial score (nSPS) is 21.4. The average Bonchev–Trinajstić information content (AvgIpc) is 2.81. The number of rotatable bonds is 7. The van der Waals surface area contributed by atoms with Gasteiger partial charge in [-0.05, 0) is 68.4 Å². The molecule has 2 aromatic carbocycles. The van der Waals surface area contributed by atoms with Gasteiger partial charge in [-0.3, -0.25) is 9.59 Å². The molecular weight excluding hydrogens is 388 g/mol. The molecule has 164 valence electrons. The lowest BCUT2D eigenvalue weighted by atomic mass is 9.83. The molecule has 2 aliphatic rings. The Balaban J connectivity index is 1.28. The first-order chi connectivity index (χ1) is 15.1. The minimum Gasteiger partial charge on any atom is -0.484 e. The van der Waals surface area contributed by atoms with Crippen molar-refractivity contribution < 1.29 is 14.3 Å². The van der Waals surface area contributed by atoms with Gasteiger partial charge in [-0.25, -0.2) is 0 Å². The molecule has 31 heavy (non-hydrogen) atoms. The van der Waals surface area contributed by atoms with Gasteiger partial charge in [0, 0.05) is 37.8 Å². The van der Waals surface area contributed by atoms with Gasteiger partial charge in [0.2, 0.25) is 0 Å². The van der Waals surface area contributed by atoms with Crippen molar-refractivity contribution in [2.75, 3.05) is 32.8 Å². The fourth-order valence-corrected chi connectivity index (χ4v) is 4.94. The number of ether oxygens (including phenoxy) is 1. The highest BCUT2D eigenvalue weighted by Gasteiger charge is 2.37. The Morgan fingerprint density at radius 2 is 1.77 bits per heavy atom. The van der Waals surface area contributed by atoms with E-state index in [1.165, 1.54) is 12.0 Å². The van der Waals surface area contributed by atoms with Crippen LogP contribution in [-0.2, 0) is 11.2 Å². The molecule has 0 radical (unpaired) electrons. The molecule has 0 saturated carbocycles. The maximum Gasteiger partial charge on any atom is 0.260 e. The summed E-state index contributed by atoms with van der Waals surface area (Å²) in [5, 5.41) is 0. The number of benzene rings is 2. The molecule has 2 atom stereocenters. The lowest BCUT2D eigenvalue weighted by Gasteiger charge is -2.47. The summed E-state index contributed by atoms with van der Waals surface area (Å²) in [6.07, 6.45) is 4.38. The first kappa shape index (κ1) is 21.6. The standard InChI is InChI=1S/C26H32N2O3/c1-20(29)22-9-11-24(12-10-22)31-19-26(30)28-15-5-8-23-18-27(17-14-25(23)28)16-13-21-6-3-2-4-7-21/h2-4,6-7,9-12,23,25H,5,8,13-19H2,1H3/t23-,25+/m1/s1. The number of hydrogen-bond donors (Lipinski definition) is 0. The number of likely N-dealkylation sites (tertiary alicyclic amines) is 2. The van der Waals surface area contributed by atoms with Gasteiger partial charge in [0.1, 0.15) is 5.75 Å². The third kappa shape index (κ3) is 5.53. The molecule has 0 spiro atoms. The highest BCUT2D eigenvalue weighted by Crippen LogP contribution is 2.31. The molecular formula is C26H32N2O3. The number of carbonyl (C=O) groups excluding carboxylic acids is 2. The molecule has 4 rings (SSSR count). The van der Waals surface area contributed by atoms with Crippen LogP contribution in [0.3, 0.4) is 0 Å². The van der Waals surface area contributed by atoms with E-state index in [1.807, 2.05) is 0 Å².